The van der Waals surface area contributed by atoms with Gasteiger partial charge in [-0.3, -0.25) is 14.3 Å². The first kappa shape index (κ1) is 16.7. The molecule has 2 amide bonds. The molecule has 2 aromatic rings. The molecule has 128 valence electrons. The lowest BCUT2D eigenvalue weighted by Gasteiger charge is -2.35. The van der Waals surface area contributed by atoms with Gasteiger partial charge in [0.05, 0.1) is 29.7 Å². The molecule has 7 nitrogen and oxygen atoms in total. The van der Waals surface area contributed by atoms with Crippen LogP contribution in [-0.4, -0.2) is 51.8 Å². The van der Waals surface area contributed by atoms with E-state index in [4.69, 9.17) is 4.74 Å². The zero-order valence-corrected chi connectivity index (χ0v) is 14.5. The number of carbonyl (C=O) groups excluding carboxylic acids is 2. The van der Waals surface area contributed by atoms with Crippen LogP contribution in [0.25, 0.3) is 0 Å². The number of ether oxygens (including phenoxy) is 1. The zero-order chi connectivity index (χ0) is 17.1. The van der Waals surface area contributed by atoms with Crippen molar-refractivity contribution in [1.82, 2.24) is 14.7 Å². The van der Waals surface area contributed by atoms with Crippen LogP contribution in [-0.2, 0) is 16.1 Å². The minimum atomic E-state index is -0.182. The van der Waals surface area contributed by atoms with Crippen molar-refractivity contribution in [2.75, 3.05) is 18.4 Å². The third-order valence-electron chi connectivity index (χ3n) is 3.74. The maximum atomic E-state index is 12.4. The van der Waals surface area contributed by atoms with Crippen molar-refractivity contribution < 1.29 is 14.3 Å². The molecule has 0 aliphatic carbocycles. The Kier molecular flexibility index (Phi) is 4.96. The molecule has 0 aromatic carbocycles. The minimum absolute atomic E-state index is 0.00388. The summed E-state index contributed by atoms with van der Waals surface area (Å²) in [6.07, 6.45) is 3.28. The van der Waals surface area contributed by atoms with Gasteiger partial charge in [-0.15, -0.1) is 0 Å². The number of carbonyl (C=O) groups is 2. The highest BCUT2D eigenvalue weighted by Crippen LogP contribution is 2.13. The molecule has 2 aromatic heterocycles. The van der Waals surface area contributed by atoms with Crippen molar-refractivity contribution in [2.24, 2.45) is 0 Å². The second-order valence-corrected chi connectivity index (χ2v) is 6.73. The molecule has 1 aliphatic heterocycles. The van der Waals surface area contributed by atoms with Gasteiger partial charge >= 0.3 is 0 Å². The molecular weight excluding hydrogens is 328 g/mol. The first-order valence-electron chi connectivity index (χ1n) is 7.80. The molecule has 3 rings (SSSR count). The SMILES string of the molecule is C[C@@H]1CN(C(=O)Cn2cc(NC(=O)c3ccsc3)cn2)C[C@H](C)O1. The standard InChI is InChI=1S/C16H20N4O3S/c1-11-6-19(7-12(2)23-11)15(21)9-20-8-14(5-17-20)18-16(22)13-3-4-24-10-13/h3-5,8,10-12H,6-7,9H2,1-2H3,(H,18,22)/t11-,12+. The Morgan fingerprint density at radius 3 is 2.79 bits per heavy atom. The summed E-state index contributed by atoms with van der Waals surface area (Å²) in [5.74, 6) is -0.186. The van der Waals surface area contributed by atoms with Crippen LogP contribution < -0.4 is 5.32 Å². The zero-order valence-electron chi connectivity index (χ0n) is 13.6. The van der Waals surface area contributed by atoms with E-state index in [1.807, 2.05) is 19.2 Å². The van der Waals surface area contributed by atoms with Gasteiger partial charge in [0.25, 0.3) is 5.91 Å². The van der Waals surface area contributed by atoms with E-state index in [2.05, 4.69) is 10.4 Å². The highest BCUT2D eigenvalue weighted by molar-refractivity contribution is 7.08. The Labute approximate surface area is 144 Å². The van der Waals surface area contributed by atoms with Gasteiger partial charge < -0.3 is 15.0 Å². The summed E-state index contributed by atoms with van der Waals surface area (Å²) in [5, 5.41) is 10.6. The molecule has 0 bridgehead atoms. The number of hydrogen-bond donors (Lipinski definition) is 1. The maximum Gasteiger partial charge on any atom is 0.256 e. The monoisotopic (exact) mass is 348 g/mol. The number of anilines is 1. The number of aromatic nitrogens is 2. The van der Waals surface area contributed by atoms with Gasteiger partial charge in [0.15, 0.2) is 0 Å². The fourth-order valence-corrected chi connectivity index (χ4v) is 3.37. The molecule has 1 fully saturated rings. The van der Waals surface area contributed by atoms with Crippen LogP contribution in [0, 0.1) is 0 Å². The Balaban J connectivity index is 1.57. The van der Waals surface area contributed by atoms with Gasteiger partial charge in [-0.25, -0.2) is 0 Å². The van der Waals surface area contributed by atoms with Crippen LogP contribution in [0.15, 0.2) is 29.2 Å². The molecule has 0 radical (unpaired) electrons. The number of hydrogen-bond acceptors (Lipinski definition) is 5. The highest BCUT2D eigenvalue weighted by atomic mass is 32.1. The molecule has 2 atom stereocenters. The molecule has 1 aliphatic rings. The van der Waals surface area contributed by atoms with Gasteiger partial charge in [-0.2, -0.15) is 16.4 Å². The van der Waals surface area contributed by atoms with Gasteiger partial charge in [-0.1, -0.05) is 0 Å². The van der Waals surface area contributed by atoms with E-state index < -0.39 is 0 Å². The first-order chi connectivity index (χ1) is 11.5. The Morgan fingerprint density at radius 2 is 2.12 bits per heavy atom. The fraction of sp³-hybridized carbons (Fsp3) is 0.438. The predicted octanol–water partition coefficient (Wildman–Crippen LogP) is 1.83. The van der Waals surface area contributed by atoms with E-state index in [1.165, 1.54) is 16.0 Å². The van der Waals surface area contributed by atoms with Crippen LogP contribution in [0.5, 0.6) is 0 Å². The molecule has 1 saturated heterocycles. The van der Waals surface area contributed by atoms with Crippen LogP contribution in [0.1, 0.15) is 24.2 Å². The number of nitrogens with zero attached hydrogens (tertiary/aromatic N) is 3. The Bertz CT molecular complexity index is 703. The van der Waals surface area contributed by atoms with Crippen LogP contribution in [0.4, 0.5) is 5.69 Å². The van der Waals surface area contributed by atoms with Crippen LogP contribution >= 0.6 is 11.3 Å². The second-order valence-electron chi connectivity index (χ2n) is 5.95. The largest absolute Gasteiger partial charge is 0.372 e. The summed E-state index contributed by atoms with van der Waals surface area (Å²) in [5.41, 5.74) is 1.18. The summed E-state index contributed by atoms with van der Waals surface area (Å²) < 4.78 is 7.18. The highest BCUT2D eigenvalue weighted by Gasteiger charge is 2.26. The number of amides is 2. The number of rotatable bonds is 4. The summed E-state index contributed by atoms with van der Waals surface area (Å²) >= 11 is 1.47. The molecule has 8 heteroatoms. The van der Waals surface area contributed by atoms with Gasteiger partial charge in [-0.05, 0) is 25.3 Å². The number of morpholine rings is 1. The third-order valence-corrected chi connectivity index (χ3v) is 4.43. The van der Waals surface area contributed by atoms with Gasteiger partial charge in [0.1, 0.15) is 6.54 Å². The van der Waals surface area contributed by atoms with Gasteiger partial charge in [0, 0.05) is 24.7 Å². The van der Waals surface area contributed by atoms with E-state index in [0.29, 0.717) is 24.3 Å². The van der Waals surface area contributed by atoms with E-state index in [-0.39, 0.29) is 30.6 Å². The molecular formula is C16H20N4O3S. The Hall–Kier alpha value is -2.19. The molecule has 0 saturated carbocycles. The van der Waals surface area contributed by atoms with Crippen molar-refractivity contribution in [2.45, 2.75) is 32.6 Å². The van der Waals surface area contributed by atoms with Crippen molar-refractivity contribution in [3.05, 3.63) is 34.8 Å². The average Bonchev–Trinajstić information content (AvgIpc) is 3.18. The first-order valence-corrected chi connectivity index (χ1v) is 8.75. The normalized spacial score (nSPS) is 20.8. The number of nitrogens with one attached hydrogen (secondary N) is 1. The minimum Gasteiger partial charge on any atom is -0.372 e. The van der Waals surface area contributed by atoms with Crippen LogP contribution in [0.3, 0.4) is 0 Å². The molecule has 1 N–H and O–H groups in total. The van der Waals surface area contributed by atoms with E-state index in [1.54, 1.807) is 28.7 Å². The lowest BCUT2D eigenvalue weighted by atomic mass is 10.2. The average molecular weight is 348 g/mol. The van der Waals surface area contributed by atoms with Crippen LogP contribution in [0.2, 0.25) is 0 Å². The predicted molar refractivity (Wildman–Crippen MR) is 91.1 cm³/mol. The summed E-state index contributed by atoms with van der Waals surface area (Å²) in [6, 6.07) is 1.76. The quantitative estimate of drug-likeness (QED) is 0.915. The molecule has 0 unspecified atom stereocenters. The number of thiophene rings is 1. The fourth-order valence-electron chi connectivity index (χ4n) is 2.73. The summed E-state index contributed by atoms with van der Waals surface area (Å²) in [4.78, 5) is 26.2. The molecule has 24 heavy (non-hydrogen) atoms. The second kappa shape index (κ2) is 7.14. The van der Waals surface area contributed by atoms with Crippen molar-refractivity contribution in [3.8, 4) is 0 Å². The maximum absolute atomic E-state index is 12.4. The summed E-state index contributed by atoms with van der Waals surface area (Å²) in [7, 11) is 0. The van der Waals surface area contributed by atoms with E-state index in [0.717, 1.165) is 0 Å². The molecule has 3 heterocycles. The lowest BCUT2D eigenvalue weighted by Crippen LogP contribution is -2.49. The summed E-state index contributed by atoms with van der Waals surface area (Å²) in [6.45, 7) is 5.25. The molecule has 0 spiro atoms. The van der Waals surface area contributed by atoms with E-state index >= 15 is 0 Å². The van der Waals surface area contributed by atoms with Crippen molar-refractivity contribution in [3.63, 3.8) is 0 Å². The smallest absolute Gasteiger partial charge is 0.256 e. The Morgan fingerprint density at radius 1 is 1.38 bits per heavy atom. The topological polar surface area (TPSA) is 76.5 Å². The van der Waals surface area contributed by atoms with E-state index in [9.17, 15) is 9.59 Å². The third kappa shape index (κ3) is 4.01. The van der Waals surface area contributed by atoms with Crippen molar-refractivity contribution >= 4 is 28.8 Å². The van der Waals surface area contributed by atoms with Crippen molar-refractivity contribution in [1.29, 1.82) is 0 Å². The van der Waals surface area contributed by atoms with Gasteiger partial charge in [0.2, 0.25) is 5.91 Å². The lowest BCUT2D eigenvalue weighted by molar-refractivity contribution is -0.144.